The number of aliphatic imine (C=N–C) groups is 1. The van der Waals surface area contributed by atoms with E-state index in [1.807, 2.05) is 0 Å². The highest BCUT2D eigenvalue weighted by molar-refractivity contribution is 7.96. The van der Waals surface area contributed by atoms with Crippen LogP contribution >= 0.6 is 0 Å². The Morgan fingerprint density at radius 1 is 1.33 bits per heavy atom. The van der Waals surface area contributed by atoms with Crippen molar-refractivity contribution in [2.24, 2.45) is 9.36 Å². The van der Waals surface area contributed by atoms with Gasteiger partial charge in [0.15, 0.2) is 0 Å². The topological polar surface area (TPSA) is 107 Å². The molecule has 3 heterocycles. The molecular weight excluding hydrogens is 407 g/mol. The smallest absolute Gasteiger partial charge is 0.312 e. The third-order valence-corrected chi connectivity index (χ3v) is 9.52. The lowest BCUT2D eigenvalue weighted by atomic mass is 9.87. The van der Waals surface area contributed by atoms with Crippen LogP contribution in [0.4, 0.5) is 10.2 Å². The number of carbonyl (C=O) groups excluding carboxylic acids is 1. The van der Waals surface area contributed by atoms with Crippen LogP contribution in [0.1, 0.15) is 66.5 Å². The van der Waals surface area contributed by atoms with Gasteiger partial charge in [-0.3, -0.25) is 9.79 Å². The van der Waals surface area contributed by atoms with Crippen molar-refractivity contribution in [1.82, 2.24) is 4.98 Å². The van der Waals surface area contributed by atoms with E-state index in [9.17, 15) is 13.4 Å². The number of halogens is 1. The summed E-state index contributed by atoms with van der Waals surface area (Å²) < 4.78 is 38.3. The third-order valence-electron chi connectivity index (χ3n) is 5.79. The van der Waals surface area contributed by atoms with Crippen LogP contribution in [0.2, 0.25) is 0 Å². The number of hydrogen-bond acceptors (Lipinski definition) is 7. The fourth-order valence-corrected chi connectivity index (χ4v) is 7.62. The van der Waals surface area contributed by atoms with E-state index in [1.54, 1.807) is 41.5 Å². The lowest BCUT2D eigenvalue weighted by Gasteiger charge is -2.48. The Morgan fingerprint density at radius 3 is 2.63 bits per heavy atom. The van der Waals surface area contributed by atoms with E-state index in [-0.39, 0.29) is 17.9 Å². The van der Waals surface area contributed by atoms with Gasteiger partial charge in [-0.15, -0.1) is 0 Å². The molecule has 0 aliphatic carbocycles. The molecule has 0 saturated carbocycles. The van der Waals surface area contributed by atoms with Crippen molar-refractivity contribution in [2.75, 3.05) is 12.3 Å². The van der Waals surface area contributed by atoms with Gasteiger partial charge in [0, 0.05) is 12.3 Å². The summed E-state index contributed by atoms with van der Waals surface area (Å²) in [5.41, 5.74) is 4.34. The summed E-state index contributed by atoms with van der Waals surface area (Å²) in [4.78, 5) is 21.7. The highest BCUT2D eigenvalue weighted by atomic mass is 32.2. The molecule has 0 radical (unpaired) electrons. The normalized spacial score (nSPS) is 30.6. The quantitative estimate of drug-likeness (QED) is 0.726. The summed E-state index contributed by atoms with van der Waals surface area (Å²) in [6, 6.07) is 2.62. The molecule has 0 unspecified atom stereocenters. The molecule has 9 heteroatoms. The number of esters is 1. The Morgan fingerprint density at radius 2 is 2.00 bits per heavy atom. The number of ether oxygens (including phenoxy) is 1. The fourth-order valence-electron chi connectivity index (χ4n) is 4.28. The Labute approximate surface area is 177 Å². The van der Waals surface area contributed by atoms with Gasteiger partial charge < -0.3 is 10.5 Å². The molecule has 7 nitrogen and oxygen atoms in total. The molecule has 2 aliphatic rings. The number of nitrogens with two attached hydrogens (primary N) is 1. The predicted molar refractivity (Wildman–Crippen MR) is 116 cm³/mol. The third kappa shape index (κ3) is 3.72. The largest absolute Gasteiger partial charge is 0.460 e. The van der Waals surface area contributed by atoms with Crippen molar-refractivity contribution in [3.63, 3.8) is 0 Å². The molecule has 166 valence electrons. The molecule has 0 fully saturated rings. The van der Waals surface area contributed by atoms with Crippen LogP contribution < -0.4 is 5.73 Å². The van der Waals surface area contributed by atoms with E-state index in [4.69, 9.17) is 15.5 Å². The highest BCUT2D eigenvalue weighted by Gasteiger charge is 2.57. The van der Waals surface area contributed by atoms with Gasteiger partial charge >= 0.3 is 5.97 Å². The van der Waals surface area contributed by atoms with Crippen molar-refractivity contribution in [3.05, 3.63) is 23.6 Å². The zero-order chi connectivity index (χ0) is 22.5. The zero-order valence-electron chi connectivity index (χ0n) is 18.5. The fraction of sp³-hybridized carbons (Fsp3) is 0.667. The van der Waals surface area contributed by atoms with Crippen LogP contribution in [0.25, 0.3) is 0 Å². The zero-order valence-corrected chi connectivity index (χ0v) is 19.3. The van der Waals surface area contributed by atoms with Gasteiger partial charge in [-0.1, -0.05) is 0 Å². The number of nitrogens with zero attached hydrogens (tertiary/aromatic N) is 3. The number of hydrogen-bond donors (Lipinski definition) is 1. The molecule has 0 aromatic carbocycles. The summed E-state index contributed by atoms with van der Waals surface area (Å²) in [6.07, 6.45) is 1.15. The van der Waals surface area contributed by atoms with Crippen LogP contribution in [0.3, 0.4) is 0 Å². The standard InChI is InChI=1S/C21H31FN4O3S/c1-19(2,3)29-17(27)12-14-20(4,5)30(28)15(8-7-11-24-30)21(6,26-14)18-13(22)9-10-16(23)25-18/h9-10,15H,7-8,11-12H2,1-6H3,(H2,23,25)/t15-,21+,30+/m1/s1. The number of fused-ring (bicyclic) bond motifs is 1. The summed E-state index contributed by atoms with van der Waals surface area (Å²) >= 11 is 0. The van der Waals surface area contributed by atoms with Gasteiger partial charge in [0.2, 0.25) is 0 Å². The van der Waals surface area contributed by atoms with E-state index >= 15 is 0 Å². The first-order valence-electron chi connectivity index (χ1n) is 10.2. The Balaban J connectivity index is 2.22. The summed E-state index contributed by atoms with van der Waals surface area (Å²) in [5.74, 6) is -0.894. The lowest BCUT2D eigenvalue weighted by molar-refractivity contribution is -0.153. The Hall–Kier alpha value is -2.03. The molecule has 0 saturated heterocycles. The number of carbonyl (C=O) groups is 1. The van der Waals surface area contributed by atoms with E-state index < -0.39 is 42.7 Å². The Bertz CT molecular complexity index is 1020. The molecule has 30 heavy (non-hydrogen) atoms. The summed E-state index contributed by atoms with van der Waals surface area (Å²) in [6.45, 7) is 11.1. The van der Waals surface area contributed by atoms with Crippen LogP contribution in [-0.4, -0.2) is 43.0 Å². The summed E-state index contributed by atoms with van der Waals surface area (Å²) in [7, 11) is -2.90. The second-order valence-electron chi connectivity index (χ2n) is 9.60. The van der Waals surface area contributed by atoms with Crippen molar-refractivity contribution in [3.8, 4) is 0 Å². The van der Waals surface area contributed by atoms with Crippen LogP contribution in [-0.2, 0) is 24.8 Å². The number of rotatable bonds is 3. The Kier molecular flexibility index (Phi) is 5.50. The predicted octanol–water partition coefficient (Wildman–Crippen LogP) is 3.61. The molecular formula is C21H31FN4O3S. The SMILES string of the molecule is CC(C)(C)OC(=O)CC1=N[C@](C)(c2nc(N)ccc2F)[C@H]2CCCN=[S@@]2(=O)C1(C)C. The van der Waals surface area contributed by atoms with E-state index in [0.717, 1.165) is 6.42 Å². The molecule has 2 N–H and O–H groups in total. The lowest BCUT2D eigenvalue weighted by Crippen LogP contribution is -2.59. The van der Waals surface area contributed by atoms with E-state index in [1.165, 1.54) is 12.1 Å². The minimum atomic E-state index is -2.90. The first-order chi connectivity index (χ1) is 13.7. The van der Waals surface area contributed by atoms with Gasteiger partial charge in [0.05, 0.1) is 26.1 Å². The average Bonchev–Trinajstić information content (AvgIpc) is 2.60. The number of aromatic nitrogens is 1. The van der Waals surface area contributed by atoms with Crippen LogP contribution in [0, 0.1) is 5.82 Å². The molecule has 1 aromatic rings. The molecule has 0 bridgehead atoms. The molecule has 1 aromatic heterocycles. The summed E-state index contributed by atoms with van der Waals surface area (Å²) in [5, 5.41) is -0.542. The van der Waals surface area contributed by atoms with Crippen molar-refractivity contribution in [1.29, 1.82) is 0 Å². The maximum atomic E-state index is 14.9. The minimum absolute atomic E-state index is 0.0366. The van der Waals surface area contributed by atoms with Crippen LogP contribution in [0.5, 0.6) is 0 Å². The number of pyridine rings is 1. The van der Waals surface area contributed by atoms with Crippen molar-refractivity contribution < 1.29 is 18.1 Å². The van der Waals surface area contributed by atoms with E-state index in [2.05, 4.69) is 9.35 Å². The van der Waals surface area contributed by atoms with Gasteiger partial charge in [-0.2, -0.15) is 0 Å². The van der Waals surface area contributed by atoms with E-state index in [0.29, 0.717) is 18.7 Å². The first-order valence-corrected chi connectivity index (χ1v) is 11.7. The molecule has 0 amide bonds. The second-order valence-corrected chi connectivity index (χ2v) is 12.6. The van der Waals surface area contributed by atoms with Crippen LogP contribution in [0.15, 0.2) is 21.5 Å². The van der Waals surface area contributed by atoms with Crippen molar-refractivity contribution >= 4 is 27.2 Å². The van der Waals surface area contributed by atoms with Gasteiger partial charge in [-0.05, 0) is 66.5 Å². The maximum absolute atomic E-state index is 14.9. The molecule has 2 aliphatic heterocycles. The minimum Gasteiger partial charge on any atom is -0.460 e. The van der Waals surface area contributed by atoms with Gasteiger partial charge in [-0.25, -0.2) is 17.9 Å². The maximum Gasteiger partial charge on any atom is 0.312 e. The first kappa shape index (κ1) is 22.7. The second kappa shape index (κ2) is 7.28. The molecule has 0 spiro atoms. The number of nitrogen functional groups attached to an aromatic ring is 1. The van der Waals surface area contributed by atoms with Crippen molar-refractivity contribution in [2.45, 2.75) is 81.9 Å². The monoisotopic (exact) mass is 438 g/mol. The number of anilines is 1. The molecule has 3 atom stereocenters. The highest BCUT2D eigenvalue weighted by Crippen LogP contribution is 2.48. The van der Waals surface area contributed by atoms with Gasteiger partial charge in [0.1, 0.15) is 28.5 Å². The average molecular weight is 439 g/mol. The van der Waals surface area contributed by atoms with Gasteiger partial charge in [0.25, 0.3) is 0 Å². The molecule has 3 rings (SSSR count).